The second kappa shape index (κ2) is 9.82. The molecule has 0 radical (unpaired) electrons. The van der Waals surface area contributed by atoms with Crippen molar-refractivity contribution in [3.8, 4) is 11.3 Å². The Morgan fingerprint density at radius 2 is 1.69 bits per heavy atom. The van der Waals surface area contributed by atoms with E-state index in [1.54, 1.807) is 12.4 Å². The van der Waals surface area contributed by atoms with Gasteiger partial charge in [-0.3, -0.25) is 14.6 Å². The third kappa shape index (κ3) is 4.93. The van der Waals surface area contributed by atoms with Crippen LogP contribution in [-0.4, -0.2) is 55.9 Å². The second-order valence-corrected chi connectivity index (χ2v) is 7.05. The smallest absolute Gasteiger partial charge is 0.155 e. The van der Waals surface area contributed by atoms with Crippen molar-refractivity contribution in [1.29, 1.82) is 0 Å². The van der Waals surface area contributed by atoms with E-state index in [0.717, 1.165) is 61.9 Å². The first kappa shape index (κ1) is 21.2. The minimum absolute atomic E-state index is 0. The van der Waals surface area contributed by atoms with Crippen LogP contribution in [0.3, 0.4) is 0 Å². The number of aromatic nitrogens is 4. The third-order valence-corrected chi connectivity index (χ3v) is 5.18. The molecule has 3 aromatic rings. The second-order valence-electron chi connectivity index (χ2n) is 7.05. The molecule has 3 heterocycles. The number of aliphatic hydroxyl groups excluding tert-OH is 1. The Morgan fingerprint density at radius 1 is 0.966 bits per heavy atom. The van der Waals surface area contributed by atoms with E-state index in [-0.39, 0.29) is 19.0 Å². The maximum Gasteiger partial charge on any atom is 0.155 e. The quantitative estimate of drug-likeness (QED) is 0.668. The monoisotopic (exact) mass is 414 g/mol. The predicted molar refractivity (Wildman–Crippen MR) is 116 cm³/mol. The van der Waals surface area contributed by atoms with Crippen molar-refractivity contribution < 1.29 is 5.11 Å². The molecule has 0 unspecified atom stereocenters. The topological polar surface area (TPSA) is 70.3 Å². The number of halogens is 1. The van der Waals surface area contributed by atoms with E-state index in [1.807, 2.05) is 35.1 Å². The van der Waals surface area contributed by atoms with Crippen LogP contribution in [0.1, 0.15) is 18.1 Å². The van der Waals surface area contributed by atoms with Gasteiger partial charge in [-0.1, -0.05) is 24.3 Å². The van der Waals surface area contributed by atoms with Crippen LogP contribution in [-0.2, 0) is 19.7 Å². The van der Waals surface area contributed by atoms with Gasteiger partial charge in [-0.15, -0.1) is 12.4 Å². The van der Waals surface area contributed by atoms with Gasteiger partial charge in [-0.2, -0.15) is 5.10 Å². The standard InChI is InChI=1S/C21H26N6O.ClH/c1-2-27-15-18(13-24-27)14-25-9-11-26(12-10-25)21-20(22-7-8-23-21)19-5-3-17(16-28)4-6-19;/h3-8,13,15,28H,2,9-12,14,16H2,1H3;1H. The lowest BCUT2D eigenvalue weighted by Gasteiger charge is -2.35. The molecular weight excluding hydrogens is 388 g/mol. The summed E-state index contributed by atoms with van der Waals surface area (Å²) in [5.41, 5.74) is 4.08. The van der Waals surface area contributed by atoms with E-state index < -0.39 is 0 Å². The molecule has 1 N–H and O–H groups in total. The Labute approximate surface area is 177 Å². The first-order valence-corrected chi connectivity index (χ1v) is 9.76. The van der Waals surface area contributed by atoms with E-state index in [4.69, 9.17) is 0 Å². The zero-order chi connectivity index (χ0) is 19.3. The lowest BCUT2D eigenvalue weighted by molar-refractivity contribution is 0.249. The van der Waals surface area contributed by atoms with Gasteiger partial charge in [0.05, 0.1) is 12.8 Å². The fraction of sp³-hybridized carbons (Fsp3) is 0.381. The molecular formula is C21H27ClN6O. The molecule has 0 bridgehead atoms. The summed E-state index contributed by atoms with van der Waals surface area (Å²) < 4.78 is 1.97. The van der Waals surface area contributed by atoms with Gasteiger partial charge in [0.2, 0.25) is 0 Å². The Bertz CT molecular complexity index is 906. The number of nitrogens with zero attached hydrogens (tertiary/aromatic N) is 6. The summed E-state index contributed by atoms with van der Waals surface area (Å²) in [4.78, 5) is 14.0. The zero-order valence-electron chi connectivity index (χ0n) is 16.6. The van der Waals surface area contributed by atoms with Crippen LogP contribution < -0.4 is 4.90 Å². The maximum atomic E-state index is 9.26. The average molecular weight is 415 g/mol. The number of anilines is 1. The van der Waals surface area contributed by atoms with Crippen molar-refractivity contribution in [2.75, 3.05) is 31.1 Å². The summed E-state index contributed by atoms with van der Waals surface area (Å²) in [6.07, 6.45) is 7.59. The van der Waals surface area contributed by atoms with Crippen molar-refractivity contribution in [3.63, 3.8) is 0 Å². The van der Waals surface area contributed by atoms with E-state index in [9.17, 15) is 5.11 Å². The summed E-state index contributed by atoms with van der Waals surface area (Å²) in [7, 11) is 0. The fourth-order valence-electron chi connectivity index (χ4n) is 3.57. The van der Waals surface area contributed by atoms with Crippen molar-refractivity contribution in [2.45, 2.75) is 26.6 Å². The number of aryl methyl sites for hydroxylation is 1. The molecule has 1 fully saturated rings. The summed E-state index contributed by atoms with van der Waals surface area (Å²) in [6, 6.07) is 7.87. The van der Waals surface area contributed by atoms with Crippen molar-refractivity contribution >= 4 is 18.2 Å². The van der Waals surface area contributed by atoms with Gasteiger partial charge in [-0.25, -0.2) is 4.98 Å². The molecule has 1 saturated heterocycles. The third-order valence-electron chi connectivity index (χ3n) is 5.18. The van der Waals surface area contributed by atoms with Crippen LogP contribution in [0.2, 0.25) is 0 Å². The molecule has 29 heavy (non-hydrogen) atoms. The first-order chi connectivity index (χ1) is 13.8. The minimum Gasteiger partial charge on any atom is -0.392 e. The SMILES string of the molecule is CCn1cc(CN2CCN(c3nccnc3-c3ccc(CO)cc3)CC2)cn1.Cl. The van der Waals surface area contributed by atoms with Gasteiger partial charge in [0.1, 0.15) is 5.69 Å². The van der Waals surface area contributed by atoms with Gasteiger partial charge in [0.15, 0.2) is 5.82 Å². The lowest BCUT2D eigenvalue weighted by atomic mass is 10.1. The molecule has 0 saturated carbocycles. The molecule has 0 spiro atoms. The van der Waals surface area contributed by atoms with E-state index in [1.165, 1.54) is 5.56 Å². The van der Waals surface area contributed by atoms with Crippen molar-refractivity contribution in [3.05, 3.63) is 60.2 Å². The van der Waals surface area contributed by atoms with E-state index in [2.05, 4.69) is 38.0 Å². The zero-order valence-corrected chi connectivity index (χ0v) is 17.4. The molecule has 8 heteroatoms. The van der Waals surface area contributed by atoms with E-state index >= 15 is 0 Å². The Balaban J connectivity index is 0.00000240. The van der Waals surface area contributed by atoms with Crippen LogP contribution in [0.25, 0.3) is 11.3 Å². The molecule has 1 aromatic carbocycles. The predicted octanol–water partition coefficient (Wildman–Crippen LogP) is 2.60. The molecule has 1 aliphatic heterocycles. The number of benzene rings is 1. The highest BCUT2D eigenvalue weighted by molar-refractivity contribution is 5.85. The molecule has 0 atom stereocenters. The summed E-state index contributed by atoms with van der Waals surface area (Å²) >= 11 is 0. The molecule has 0 amide bonds. The Kier molecular flexibility index (Phi) is 7.19. The summed E-state index contributed by atoms with van der Waals surface area (Å²) in [5.74, 6) is 0.928. The number of rotatable bonds is 6. The van der Waals surface area contributed by atoms with Gasteiger partial charge in [0, 0.05) is 69.0 Å². The van der Waals surface area contributed by atoms with Gasteiger partial charge in [0.25, 0.3) is 0 Å². The largest absolute Gasteiger partial charge is 0.392 e. The molecule has 1 aliphatic rings. The number of aliphatic hydroxyl groups is 1. The number of hydrogen-bond donors (Lipinski definition) is 1. The molecule has 154 valence electrons. The molecule has 4 rings (SSSR count). The van der Waals surface area contributed by atoms with Gasteiger partial charge in [-0.05, 0) is 12.5 Å². The van der Waals surface area contributed by atoms with Crippen molar-refractivity contribution in [1.82, 2.24) is 24.6 Å². The van der Waals surface area contributed by atoms with Crippen LogP contribution >= 0.6 is 12.4 Å². The molecule has 7 nitrogen and oxygen atoms in total. The van der Waals surface area contributed by atoms with Gasteiger partial charge >= 0.3 is 0 Å². The summed E-state index contributed by atoms with van der Waals surface area (Å²) in [5, 5.41) is 13.6. The highest BCUT2D eigenvalue weighted by atomic mass is 35.5. The normalized spacial score (nSPS) is 14.6. The average Bonchev–Trinajstić information content (AvgIpc) is 3.22. The first-order valence-electron chi connectivity index (χ1n) is 9.76. The Morgan fingerprint density at radius 3 is 2.34 bits per heavy atom. The lowest BCUT2D eigenvalue weighted by Crippen LogP contribution is -2.46. The highest BCUT2D eigenvalue weighted by Gasteiger charge is 2.21. The number of piperazine rings is 1. The Hall–Kier alpha value is -2.48. The maximum absolute atomic E-state index is 9.26. The minimum atomic E-state index is 0. The fourth-order valence-corrected chi connectivity index (χ4v) is 3.57. The van der Waals surface area contributed by atoms with E-state index in [0.29, 0.717) is 0 Å². The van der Waals surface area contributed by atoms with Crippen LogP contribution in [0.15, 0.2) is 49.1 Å². The molecule has 0 aliphatic carbocycles. The highest BCUT2D eigenvalue weighted by Crippen LogP contribution is 2.27. The van der Waals surface area contributed by atoms with Crippen LogP contribution in [0.5, 0.6) is 0 Å². The van der Waals surface area contributed by atoms with Crippen LogP contribution in [0.4, 0.5) is 5.82 Å². The summed E-state index contributed by atoms with van der Waals surface area (Å²) in [6.45, 7) is 7.79. The van der Waals surface area contributed by atoms with Crippen molar-refractivity contribution in [2.24, 2.45) is 0 Å². The van der Waals surface area contributed by atoms with Gasteiger partial charge < -0.3 is 10.0 Å². The number of hydrogen-bond acceptors (Lipinski definition) is 6. The molecule has 2 aromatic heterocycles. The van der Waals surface area contributed by atoms with Crippen LogP contribution in [0, 0.1) is 0 Å².